The molecule has 0 aliphatic carbocycles. The van der Waals surface area contributed by atoms with Crippen LogP contribution in [0.1, 0.15) is 16.1 Å². The Morgan fingerprint density at radius 3 is 2.67 bits per heavy atom. The number of carbonyl (C=O) groups is 1. The third kappa shape index (κ3) is 2.73. The van der Waals surface area contributed by atoms with E-state index in [1.54, 1.807) is 19.2 Å². The van der Waals surface area contributed by atoms with Gasteiger partial charge in [0, 0.05) is 25.3 Å². The minimum absolute atomic E-state index is 0.0319. The highest BCUT2D eigenvalue weighted by Crippen LogP contribution is 2.34. The van der Waals surface area contributed by atoms with Crippen molar-refractivity contribution in [3.63, 3.8) is 0 Å². The molecule has 6 nitrogen and oxygen atoms in total. The zero-order valence-corrected chi connectivity index (χ0v) is 11.9. The van der Waals surface area contributed by atoms with Crippen molar-refractivity contribution in [3.8, 4) is 17.0 Å². The number of aromatic nitrogens is 2. The van der Waals surface area contributed by atoms with Crippen LogP contribution < -0.4 is 4.74 Å². The number of carboxylic acids is 1. The van der Waals surface area contributed by atoms with Gasteiger partial charge in [0.2, 0.25) is 0 Å². The largest absolute Gasteiger partial charge is 0.493 e. The quantitative estimate of drug-likeness (QED) is 0.914. The van der Waals surface area contributed by atoms with Crippen molar-refractivity contribution in [2.45, 2.75) is 6.61 Å². The van der Waals surface area contributed by atoms with Crippen LogP contribution in [0.4, 0.5) is 4.39 Å². The van der Waals surface area contributed by atoms with Crippen molar-refractivity contribution in [2.75, 3.05) is 14.2 Å². The van der Waals surface area contributed by atoms with E-state index in [1.807, 2.05) is 0 Å². The van der Waals surface area contributed by atoms with Gasteiger partial charge in [-0.3, -0.25) is 4.68 Å². The second-order valence-electron chi connectivity index (χ2n) is 4.40. The van der Waals surface area contributed by atoms with Crippen molar-refractivity contribution in [3.05, 3.63) is 35.3 Å². The molecule has 0 amide bonds. The summed E-state index contributed by atoms with van der Waals surface area (Å²) in [6, 6.07) is 4.60. The summed E-state index contributed by atoms with van der Waals surface area (Å²) in [5.74, 6) is -1.65. The Labute approximate surface area is 120 Å². The van der Waals surface area contributed by atoms with E-state index in [0.29, 0.717) is 16.8 Å². The minimum Gasteiger partial charge on any atom is -0.493 e. The van der Waals surface area contributed by atoms with Gasteiger partial charge in [-0.15, -0.1) is 0 Å². The molecule has 112 valence electrons. The molecule has 1 aromatic carbocycles. The molecule has 21 heavy (non-hydrogen) atoms. The average molecular weight is 294 g/mol. The zero-order valence-electron chi connectivity index (χ0n) is 11.9. The Hall–Kier alpha value is -2.41. The van der Waals surface area contributed by atoms with Crippen LogP contribution in [-0.4, -0.2) is 35.1 Å². The molecule has 0 spiro atoms. The van der Waals surface area contributed by atoms with E-state index < -0.39 is 11.8 Å². The summed E-state index contributed by atoms with van der Waals surface area (Å²) in [4.78, 5) is 11.0. The van der Waals surface area contributed by atoms with Gasteiger partial charge in [0.25, 0.3) is 0 Å². The molecule has 0 atom stereocenters. The van der Waals surface area contributed by atoms with Gasteiger partial charge in [-0.2, -0.15) is 5.10 Å². The standard InChI is InChI=1S/C14H15FN2O4/c1-17-11(6-10(16-17)14(18)19)9-5-4-8(7-20-2)12(15)13(9)21-3/h4-6H,7H2,1-3H3,(H,18,19). The van der Waals surface area contributed by atoms with Crippen molar-refractivity contribution in [1.82, 2.24) is 9.78 Å². The molecule has 0 bridgehead atoms. The molecule has 2 rings (SSSR count). The summed E-state index contributed by atoms with van der Waals surface area (Å²) in [5, 5.41) is 12.8. The summed E-state index contributed by atoms with van der Waals surface area (Å²) >= 11 is 0. The molecule has 0 saturated heterocycles. The Bertz CT molecular complexity index is 682. The molecule has 0 saturated carbocycles. The van der Waals surface area contributed by atoms with Gasteiger partial charge in [-0.1, -0.05) is 6.07 Å². The molecule has 2 aromatic rings. The third-order valence-electron chi connectivity index (χ3n) is 3.06. The van der Waals surface area contributed by atoms with Crippen LogP contribution in [0.3, 0.4) is 0 Å². The number of carboxylic acid groups (broad SMARTS) is 1. The first-order valence-corrected chi connectivity index (χ1v) is 6.11. The molecule has 0 aliphatic heterocycles. The molecule has 7 heteroatoms. The first-order chi connectivity index (χ1) is 9.99. The number of hydrogen-bond acceptors (Lipinski definition) is 4. The lowest BCUT2D eigenvalue weighted by Gasteiger charge is -2.12. The van der Waals surface area contributed by atoms with Crippen LogP contribution in [0.5, 0.6) is 5.75 Å². The van der Waals surface area contributed by atoms with Crippen LogP contribution in [0.2, 0.25) is 0 Å². The summed E-state index contributed by atoms with van der Waals surface area (Å²) in [6.07, 6.45) is 0. The van der Waals surface area contributed by atoms with Gasteiger partial charge in [-0.25, -0.2) is 9.18 Å². The van der Waals surface area contributed by atoms with Crippen LogP contribution in [-0.2, 0) is 18.4 Å². The average Bonchev–Trinajstić information content (AvgIpc) is 2.83. The maximum atomic E-state index is 14.4. The van der Waals surface area contributed by atoms with Gasteiger partial charge < -0.3 is 14.6 Å². The summed E-state index contributed by atoms with van der Waals surface area (Å²) in [7, 11) is 4.41. The van der Waals surface area contributed by atoms with Crippen molar-refractivity contribution < 1.29 is 23.8 Å². The number of benzene rings is 1. The van der Waals surface area contributed by atoms with Gasteiger partial charge in [0.05, 0.1) is 19.4 Å². The maximum absolute atomic E-state index is 14.4. The van der Waals surface area contributed by atoms with Crippen molar-refractivity contribution >= 4 is 5.97 Å². The number of halogens is 1. The van der Waals surface area contributed by atoms with E-state index in [9.17, 15) is 9.18 Å². The normalized spacial score (nSPS) is 10.7. The Morgan fingerprint density at radius 2 is 2.14 bits per heavy atom. The lowest BCUT2D eigenvalue weighted by molar-refractivity contribution is 0.0689. The molecule has 0 unspecified atom stereocenters. The first kappa shape index (κ1) is 15.0. The molecule has 1 heterocycles. The summed E-state index contributed by atoms with van der Waals surface area (Å²) < 4.78 is 25.8. The lowest BCUT2D eigenvalue weighted by atomic mass is 10.1. The Balaban J connectivity index is 2.58. The van der Waals surface area contributed by atoms with Crippen molar-refractivity contribution in [2.24, 2.45) is 7.05 Å². The molecule has 0 aliphatic rings. The molecular formula is C14H15FN2O4. The van der Waals surface area contributed by atoms with Gasteiger partial charge in [0.15, 0.2) is 17.3 Å². The predicted octanol–water partition coefficient (Wildman–Crippen LogP) is 2.08. The minimum atomic E-state index is -1.15. The fraction of sp³-hybridized carbons (Fsp3) is 0.286. The van der Waals surface area contributed by atoms with Crippen LogP contribution in [0.15, 0.2) is 18.2 Å². The highest BCUT2D eigenvalue weighted by Gasteiger charge is 2.20. The zero-order chi connectivity index (χ0) is 15.6. The third-order valence-corrected chi connectivity index (χ3v) is 3.06. The SMILES string of the molecule is COCc1ccc(-c2cc(C(=O)O)nn2C)c(OC)c1F. The second-order valence-corrected chi connectivity index (χ2v) is 4.40. The van der Waals surface area contributed by atoms with Gasteiger partial charge in [0.1, 0.15) is 0 Å². The number of rotatable bonds is 5. The summed E-state index contributed by atoms with van der Waals surface area (Å²) in [5.41, 5.74) is 1.12. The topological polar surface area (TPSA) is 73.6 Å². The van der Waals surface area contributed by atoms with Gasteiger partial charge in [-0.05, 0) is 12.1 Å². The van der Waals surface area contributed by atoms with Crippen LogP contribution >= 0.6 is 0 Å². The lowest BCUT2D eigenvalue weighted by Crippen LogP contribution is -2.02. The van der Waals surface area contributed by atoms with E-state index in [-0.39, 0.29) is 18.1 Å². The van der Waals surface area contributed by atoms with E-state index in [4.69, 9.17) is 14.6 Å². The number of hydrogen-bond donors (Lipinski definition) is 1. The van der Waals surface area contributed by atoms with Crippen molar-refractivity contribution in [1.29, 1.82) is 0 Å². The molecular weight excluding hydrogens is 279 g/mol. The number of ether oxygens (including phenoxy) is 2. The molecule has 1 aromatic heterocycles. The maximum Gasteiger partial charge on any atom is 0.356 e. The van der Waals surface area contributed by atoms with Crippen LogP contribution in [0, 0.1) is 5.82 Å². The predicted molar refractivity (Wildman–Crippen MR) is 72.8 cm³/mol. The number of methoxy groups -OCH3 is 2. The van der Waals surface area contributed by atoms with Crippen LogP contribution in [0.25, 0.3) is 11.3 Å². The van der Waals surface area contributed by atoms with E-state index >= 15 is 0 Å². The Kier molecular flexibility index (Phi) is 4.23. The monoisotopic (exact) mass is 294 g/mol. The highest BCUT2D eigenvalue weighted by atomic mass is 19.1. The second kappa shape index (κ2) is 5.92. The number of aryl methyl sites for hydroxylation is 1. The van der Waals surface area contributed by atoms with E-state index in [2.05, 4.69) is 5.10 Å². The number of aromatic carboxylic acids is 1. The molecule has 0 radical (unpaired) electrons. The van der Waals surface area contributed by atoms with Gasteiger partial charge >= 0.3 is 5.97 Å². The van der Waals surface area contributed by atoms with E-state index in [1.165, 1.54) is 25.0 Å². The van der Waals surface area contributed by atoms with E-state index in [0.717, 1.165) is 0 Å². The first-order valence-electron chi connectivity index (χ1n) is 6.11. The molecule has 1 N–H and O–H groups in total. The Morgan fingerprint density at radius 1 is 1.43 bits per heavy atom. The highest BCUT2D eigenvalue weighted by molar-refractivity contribution is 5.87. The fourth-order valence-electron chi connectivity index (χ4n) is 2.09. The fourth-order valence-corrected chi connectivity index (χ4v) is 2.09. The number of nitrogens with zero attached hydrogens (tertiary/aromatic N) is 2. The smallest absolute Gasteiger partial charge is 0.356 e. The molecule has 0 fully saturated rings. The summed E-state index contributed by atoms with van der Waals surface area (Å²) in [6.45, 7) is 0.119.